The van der Waals surface area contributed by atoms with E-state index in [4.69, 9.17) is 4.42 Å². The number of nitrogens with one attached hydrogen (secondary N) is 1. The number of furan rings is 1. The van der Waals surface area contributed by atoms with E-state index in [-0.39, 0.29) is 5.91 Å². The van der Waals surface area contributed by atoms with Crippen LogP contribution in [0.4, 0.5) is 0 Å². The molecule has 4 nitrogen and oxygen atoms in total. The van der Waals surface area contributed by atoms with Gasteiger partial charge in [0.05, 0.1) is 6.54 Å². The molecule has 112 valence electrons. The van der Waals surface area contributed by atoms with Crippen molar-refractivity contribution >= 4 is 16.9 Å². The van der Waals surface area contributed by atoms with Crippen LogP contribution in [0, 0.1) is 0 Å². The van der Waals surface area contributed by atoms with E-state index in [0.29, 0.717) is 19.5 Å². The molecule has 2 heterocycles. The van der Waals surface area contributed by atoms with Gasteiger partial charge in [0.25, 0.3) is 0 Å². The number of nitrogens with zero attached hydrogens (tertiary/aromatic N) is 1. The van der Waals surface area contributed by atoms with Gasteiger partial charge in [-0.1, -0.05) is 18.2 Å². The Hall–Kier alpha value is -1.81. The number of likely N-dealkylation sites (tertiary alicyclic amines) is 1. The van der Waals surface area contributed by atoms with Crippen LogP contribution in [0.5, 0.6) is 0 Å². The first kappa shape index (κ1) is 14.1. The molecule has 0 spiro atoms. The minimum atomic E-state index is 0.270. The molecule has 1 aromatic heterocycles. The van der Waals surface area contributed by atoms with Crippen LogP contribution in [0.25, 0.3) is 11.0 Å². The number of hydrogen-bond donors (Lipinski definition) is 1. The topological polar surface area (TPSA) is 45.5 Å². The SMILES string of the molecule is O=C(CCNCc1cc2ccccc2o1)N1CCCCC1. The van der Waals surface area contributed by atoms with Gasteiger partial charge >= 0.3 is 0 Å². The van der Waals surface area contributed by atoms with Crippen molar-refractivity contribution in [3.63, 3.8) is 0 Å². The molecule has 1 aliphatic rings. The number of rotatable bonds is 5. The van der Waals surface area contributed by atoms with Crippen LogP contribution in [0.15, 0.2) is 34.7 Å². The van der Waals surface area contributed by atoms with E-state index in [1.807, 2.05) is 29.2 Å². The molecule has 1 aromatic carbocycles. The highest BCUT2D eigenvalue weighted by atomic mass is 16.3. The fraction of sp³-hybridized carbons (Fsp3) is 0.471. The van der Waals surface area contributed by atoms with Gasteiger partial charge in [-0.25, -0.2) is 0 Å². The first-order chi connectivity index (χ1) is 10.3. The first-order valence-corrected chi connectivity index (χ1v) is 7.79. The number of carbonyl (C=O) groups is 1. The van der Waals surface area contributed by atoms with Crippen molar-refractivity contribution in [1.82, 2.24) is 10.2 Å². The third-order valence-electron chi connectivity index (χ3n) is 4.00. The summed E-state index contributed by atoms with van der Waals surface area (Å²) >= 11 is 0. The molecular formula is C17H22N2O2. The van der Waals surface area contributed by atoms with Crippen molar-refractivity contribution in [2.75, 3.05) is 19.6 Å². The normalized spacial score (nSPS) is 15.5. The quantitative estimate of drug-likeness (QED) is 0.860. The molecule has 1 aliphatic heterocycles. The Morgan fingerprint density at radius 3 is 2.81 bits per heavy atom. The van der Waals surface area contributed by atoms with Crippen LogP contribution in [0.2, 0.25) is 0 Å². The molecular weight excluding hydrogens is 264 g/mol. The fourth-order valence-corrected chi connectivity index (χ4v) is 2.83. The van der Waals surface area contributed by atoms with Gasteiger partial charge in [-0.05, 0) is 31.4 Å². The molecule has 4 heteroatoms. The molecule has 0 unspecified atom stereocenters. The molecule has 0 atom stereocenters. The average molecular weight is 286 g/mol. The van der Waals surface area contributed by atoms with E-state index in [1.165, 1.54) is 6.42 Å². The predicted molar refractivity (Wildman–Crippen MR) is 83.0 cm³/mol. The summed E-state index contributed by atoms with van der Waals surface area (Å²) in [6.07, 6.45) is 4.13. The van der Waals surface area contributed by atoms with Crippen LogP contribution < -0.4 is 5.32 Å². The number of piperidine rings is 1. The number of amides is 1. The lowest BCUT2D eigenvalue weighted by molar-refractivity contribution is -0.131. The summed E-state index contributed by atoms with van der Waals surface area (Å²) in [5.74, 6) is 1.19. The van der Waals surface area contributed by atoms with Crippen LogP contribution in [-0.2, 0) is 11.3 Å². The van der Waals surface area contributed by atoms with Crippen LogP contribution in [0.3, 0.4) is 0 Å². The highest BCUT2D eigenvalue weighted by Crippen LogP contribution is 2.18. The highest BCUT2D eigenvalue weighted by Gasteiger charge is 2.15. The Morgan fingerprint density at radius 1 is 1.19 bits per heavy atom. The molecule has 3 rings (SSSR count). The Balaban J connectivity index is 1.42. The molecule has 0 bridgehead atoms. The Kier molecular flexibility index (Phi) is 4.55. The van der Waals surface area contributed by atoms with Crippen molar-refractivity contribution in [3.05, 3.63) is 36.1 Å². The monoisotopic (exact) mass is 286 g/mol. The lowest BCUT2D eigenvalue weighted by Gasteiger charge is -2.26. The molecule has 1 N–H and O–H groups in total. The maximum absolute atomic E-state index is 12.0. The lowest BCUT2D eigenvalue weighted by atomic mass is 10.1. The standard InChI is InChI=1S/C17H22N2O2/c20-17(19-10-4-1-5-11-19)8-9-18-13-15-12-14-6-2-3-7-16(14)21-15/h2-3,6-7,12,18H,1,4-5,8-11,13H2. The van der Waals surface area contributed by atoms with Gasteiger partial charge in [-0.15, -0.1) is 0 Å². The molecule has 0 aliphatic carbocycles. The van der Waals surface area contributed by atoms with Gasteiger partial charge in [0, 0.05) is 31.4 Å². The Labute approximate surface area is 125 Å². The second kappa shape index (κ2) is 6.76. The minimum absolute atomic E-state index is 0.270. The van der Waals surface area contributed by atoms with E-state index >= 15 is 0 Å². The summed E-state index contributed by atoms with van der Waals surface area (Å²) in [4.78, 5) is 14.0. The Bertz CT molecular complexity index is 567. The largest absolute Gasteiger partial charge is 0.460 e. The first-order valence-electron chi connectivity index (χ1n) is 7.79. The predicted octanol–water partition coefficient (Wildman–Crippen LogP) is 2.93. The third kappa shape index (κ3) is 3.64. The zero-order valence-electron chi connectivity index (χ0n) is 12.3. The van der Waals surface area contributed by atoms with Gasteiger partial charge in [0.15, 0.2) is 0 Å². The van der Waals surface area contributed by atoms with E-state index in [2.05, 4.69) is 11.4 Å². The van der Waals surface area contributed by atoms with E-state index in [1.54, 1.807) is 0 Å². The zero-order chi connectivity index (χ0) is 14.5. The smallest absolute Gasteiger partial charge is 0.223 e. The van der Waals surface area contributed by atoms with Gasteiger partial charge in [0.2, 0.25) is 5.91 Å². The maximum Gasteiger partial charge on any atom is 0.223 e. The van der Waals surface area contributed by atoms with E-state index in [0.717, 1.165) is 42.7 Å². The van der Waals surface area contributed by atoms with Crippen molar-refractivity contribution in [2.24, 2.45) is 0 Å². The van der Waals surface area contributed by atoms with Crippen molar-refractivity contribution in [3.8, 4) is 0 Å². The van der Waals surface area contributed by atoms with Crippen LogP contribution in [0.1, 0.15) is 31.4 Å². The highest BCUT2D eigenvalue weighted by molar-refractivity contribution is 5.77. The van der Waals surface area contributed by atoms with Crippen molar-refractivity contribution < 1.29 is 9.21 Å². The van der Waals surface area contributed by atoms with Crippen LogP contribution >= 0.6 is 0 Å². The zero-order valence-corrected chi connectivity index (χ0v) is 12.3. The lowest BCUT2D eigenvalue weighted by Crippen LogP contribution is -2.37. The van der Waals surface area contributed by atoms with Gasteiger partial charge in [-0.3, -0.25) is 4.79 Å². The summed E-state index contributed by atoms with van der Waals surface area (Å²) < 4.78 is 5.73. The maximum atomic E-state index is 12.0. The van der Waals surface area contributed by atoms with Gasteiger partial charge in [0.1, 0.15) is 11.3 Å². The summed E-state index contributed by atoms with van der Waals surface area (Å²) in [5, 5.41) is 4.42. The number of hydrogen-bond acceptors (Lipinski definition) is 3. The number of fused-ring (bicyclic) bond motifs is 1. The molecule has 0 saturated carbocycles. The summed E-state index contributed by atoms with van der Waals surface area (Å²) in [6.45, 7) is 3.24. The second-order valence-electron chi connectivity index (χ2n) is 5.62. The minimum Gasteiger partial charge on any atom is -0.460 e. The molecule has 1 saturated heterocycles. The van der Waals surface area contributed by atoms with Crippen molar-refractivity contribution in [2.45, 2.75) is 32.2 Å². The number of carbonyl (C=O) groups excluding carboxylic acids is 1. The third-order valence-corrected chi connectivity index (χ3v) is 4.00. The molecule has 1 fully saturated rings. The van der Waals surface area contributed by atoms with E-state index in [9.17, 15) is 4.79 Å². The second-order valence-corrected chi connectivity index (χ2v) is 5.62. The summed E-state index contributed by atoms with van der Waals surface area (Å²) in [5.41, 5.74) is 0.915. The summed E-state index contributed by atoms with van der Waals surface area (Å²) in [7, 11) is 0. The van der Waals surface area contributed by atoms with Crippen LogP contribution in [-0.4, -0.2) is 30.4 Å². The van der Waals surface area contributed by atoms with E-state index < -0.39 is 0 Å². The number of para-hydroxylation sites is 1. The van der Waals surface area contributed by atoms with Gasteiger partial charge < -0.3 is 14.6 Å². The number of benzene rings is 1. The fourth-order valence-electron chi connectivity index (χ4n) is 2.83. The molecule has 21 heavy (non-hydrogen) atoms. The van der Waals surface area contributed by atoms with Crippen molar-refractivity contribution in [1.29, 1.82) is 0 Å². The molecule has 1 amide bonds. The summed E-state index contributed by atoms with van der Waals surface area (Å²) in [6, 6.07) is 10.0. The molecule has 0 radical (unpaired) electrons. The molecule has 2 aromatic rings. The van der Waals surface area contributed by atoms with Gasteiger partial charge in [-0.2, -0.15) is 0 Å². The Morgan fingerprint density at radius 2 is 2.00 bits per heavy atom. The average Bonchev–Trinajstić information content (AvgIpc) is 2.95.